The van der Waals surface area contributed by atoms with E-state index in [1.165, 1.54) is 17.7 Å². The molecule has 0 aromatic carbocycles. The molecule has 1 N–H and O–H groups in total. The number of carboxylic acid groups (broad SMARTS) is 1. The Labute approximate surface area is 189 Å². The molecule has 0 radical (unpaired) electrons. The minimum Gasteiger partial charge on any atom is -0.465 e. The SMILES string of the molecule is C[C@@H](COC1CCN(c2nc3c(o2)CN(OCC2CC2)C=C3)CC1)N(C(=O)O)C(C)(C)C. The summed E-state index contributed by atoms with van der Waals surface area (Å²) in [6, 6.07) is 0.446. The Hall–Kier alpha value is -2.26. The van der Waals surface area contributed by atoms with Gasteiger partial charge in [-0.05, 0) is 65.4 Å². The molecule has 3 aliphatic rings. The standard InChI is InChI=1S/C23H36N4O5/c1-16(27(22(28)29)23(2,3)4)14-30-18-7-10-25(11-8-18)21-24-19-9-12-26(13-20(19)32-21)31-15-17-5-6-17/h9,12,16-18H,5-8,10-11,13-15H2,1-4H3,(H,28,29)/t16-/m0/s1. The molecule has 9 heteroatoms. The highest BCUT2D eigenvalue weighted by Crippen LogP contribution is 2.31. The van der Waals surface area contributed by atoms with E-state index in [4.69, 9.17) is 14.0 Å². The van der Waals surface area contributed by atoms with Crippen molar-refractivity contribution in [2.45, 2.75) is 77.6 Å². The molecule has 1 atom stereocenters. The molecule has 0 spiro atoms. The van der Waals surface area contributed by atoms with Gasteiger partial charge in [0.05, 0.1) is 25.4 Å². The van der Waals surface area contributed by atoms with E-state index < -0.39 is 11.6 Å². The molecule has 1 aromatic rings. The molecule has 1 saturated carbocycles. The number of piperidine rings is 1. The van der Waals surface area contributed by atoms with Crippen LogP contribution in [0.25, 0.3) is 6.08 Å². The molecule has 0 bridgehead atoms. The molecule has 9 nitrogen and oxygen atoms in total. The van der Waals surface area contributed by atoms with Crippen LogP contribution in [0.4, 0.5) is 10.8 Å². The monoisotopic (exact) mass is 448 g/mol. The zero-order chi connectivity index (χ0) is 22.9. The first-order valence-electron chi connectivity index (χ1n) is 11.7. The summed E-state index contributed by atoms with van der Waals surface area (Å²) in [6.07, 6.45) is 7.31. The number of aromatic nitrogens is 1. The number of carbonyl (C=O) groups is 1. The Bertz CT molecular complexity index is 821. The summed E-state index contributed by atoms with van der Waals surface area (Å²) in [4.78, 5) is 25.7. The highest BCUT2D eigenvalue weighted by Gasteiger charge is 2.32. The molecule has 0 unspecified atom stereocenters. The molecule has 4 rings (SSSR count). The molecule has 1 saturated heterocycles. The predicted octanol–water partition coefficient (Wildman–Crippen LogP) is 3.95. The van der Waals surface area contributed by atoms with Gasteiger partial charge in [0.25, 0.3) is 6.01 Å². The second-order valence-electron chi connectivity index (χ2n) is 10.1. The van der Waals surface area contributed by atoms with Crippen LogP contribution in [0.3, 0.4) is 0 Å². The number of hydroxylamine groups is 2. The van der Waals surface area contributed by atoms with Crippen molar-refractivity contribution < 1.29 is 23.9 Å². The van der Waals surface area contributed by atoms with Crippen LogP contribution >= 0.6 is 0 Å². The summed E-state index contributed by atoms with van der Waals surface area (Å²) in [6.45, 7) is 10.9. The van der Waals surface area contributed by atoms with Crippen LogP contribution in [0.5, 0.6) is 0 Å². The molecule has 2 aliphatic heterocycles. The van der Waals surface area contributed by atoms with E-state index in [9.17, 15) is 9.90 Å². The van der Waals surface area contributed by atoms with E-state index in [2.05, 4.69) is 9.88 Å². The summed E-state index contributed by atoms with van der Waals surface area (Å²) in [7, 11) is 0. The number of ether oxygens (including phenoxy) is 1. The van der Waals surface area contributed by atoms with Gasteiger partial charge >= 0.3 is 6.09 Å². The van der Waals surface area contributed by atoms with Gasteiger partial charge in [0.2, 0.25) is 0 Å². The lowest BCUT2D eigenvalue weighted by Gasteiger charge is -2.39. The van der Waals surface area contributed by atoms with Gasteiger partial charge in [-0.3, -0.25) is 14.8 Å². The Morgan fingerprint density at radius 1 is 1.31 bits per heavy atom. The average molecular weight is 449 g/mol. The third-order valence-corrected chi connectivity index (χ3v) is 6.24. The average Bonchev–Trinajstić information content (AvgIpc) is 3.46. The molecular weight excluding hydrogens is 412 g/mol. The maximum Gasteiger partial charge on any atom is 0.408 e. The summed E-state index contributed by atoms with van der Waals surface area (Å²) >= 11 is 0. The van der Waals surface area contributed by atoms with Crippen LogP contribution in [0, 0.1) is 5.92 Å². The minimum absolute atomic E-state index is 0.111. The van der Waals surface area contributed by atoms with E-state index >= 15 is 0 Å². The molecule has 178 valence electrons. The van der Waals surface area contributed by atoms with E-state index in [1.54, 1.807) is 0 Å². The molecule has 2 fully saturated rings. The lowest BCUT2D eigenvalue weighted by molar-refractivity contribution is -0.134. The first-order chi connectivity index (χ1) is 15.2. The van der Waals surface area contributed by atoms with Crippen molar-refractivity contribution in [3.05, 3.63) is 17.7 Å². The van der Waals surface area contributed by atoms with Crippen molar-refractivity contribution in [2.75, 3.05) is 31.2 Å². The van der Waals surface area contributed by atoms with Gasteiger partial charge in [0.1, 0.15) is 12.2 Å². The van der Waals surface area contributed by atoms with Crippen LogP contribution in [0.1, 0.15) is 64.8 Å². The Morgan fingerprint density at radius 3 is 2.66 bits per heavy atom. The third-order valence-electron chi connectivity index (χ3n) is 6.24. The quantitative estimate of drug-likeness (QED) is 0.639. The van der Waals surface area contributed by atoms with Crippen LogP contribution in [0.2, 0.25) is 0 Å². The van der Waals surface area contributed by atoms with Crippen molar-refractivity contribution in [3.8, 4) is 0 Å². The lowest BCUT2D eigenvalue weighted by atomic mass is 10.0. The summed E-state index contributed by atoms with van der Waals surface area (Å²) < 4.78 is 12.1. The van der Waals surface area contributed by atoms with E-state index in [0.29, 0.717) is 25.1 Å². The van der Waals surface area contributed by atoms with E-state index in [-0.39, 0.29) is 12.1 Å². The number of fused-ring (bicyclic) bond motifs is 1. The largest absolute Gasteiger partial charge is 0.465 e. The summed E-state index contributed by atoms with van der Waals surface area (Å²) in [5.74, 6) is 1.55. The lowest BCUT2D eigenvalue weighted by Crippen LogP contribution is -2.52. The topological polar surface area (TPSA) is 91.5 Å². The van der Waals surface area contributed by atoms with Crippen LogP contribution in [-0.2, 0) is 16.1 Å². The first-order valence-corrected chi connectivity index (χ1v) is 11.7. The van der Waals surface area contributed by atoms with Gasteiger partial charge in [-0.25, -0.2) is 4.79 Å². The molecular formula is C23H36N4O5. The fraction of sp³-hybridized carbons (Fsp3) is 0.739. The molecule has 3 heterocycles. The molecule has 1 amide bonds. The highest BCUT2D eigenvalue weighted by molar-refractivity contribution is 5.66. The zero-order valence-electron chi connectivity index (χ0n) is 19.6. The van der Waals surface area contributed by atoms with Gasteiger partial charge < -0.3 is 19.2 Å². The van der Waals surface area contributed by atoms with Crippen LogP contribution in [-0.4, -0.2) is 70.1 Å². The maximum absolute atomic E-state index is 11.6. The number of hydrogen-bond acceptors (Lipinski definition) is 7. The molecule has 1 aromatic heterocycles. The number of nitrogens with zero attached hydrogens (tertiary/aromatic N) is 4. The number of anilines is 1. The number of hydrogen-bond donors (Lipinski definition) is 1. The van der Waals surface area contributed by atoms with Gasteiger partial charge in [0, 0.05) is 24.8 Å². The normalized spacial score (nSPS) is 20.4. The van der Waals surface area contributed by atoms with Gasteiger partial charge in [-0.1, -0.05) is 0 Å². The van der Waals surface area contributed by atoms with Gasteiger partial charge in [-0.15, -0.1) is 0 Å². The fourth-order valence-electron chi connectivity index (χ4n) is 4.35. The van der Waals surface area contributed by atoms with Crippen molar-refractivity contribution in [1.82, 2.24) is 14.9 Å². The number of oxazole rings is 1. The summed E-state index contributed by atoms with van der Waals surface area (Å²) in [5, 5.41) is 11.4. The van der Waals surface area contributed by atoms with E-state index in [1.807, 2.05) is 45.0 Å². The Balaban J connectivity index is 1.24. The van der Waals surface area contributed by atoms with Crippen molar-refractivity contribution in [3.63, 3.8) is 0 Å². The summed E-state index contributed by atoms with van der Waals surface area (Å²) in [5.41, 5.74) is 0.407. The molecule has 1 aliphatic carbocycles. The fourth-order valence-corrected chi connectivity index (χ4v) is 4.35. The zero-order valence-corrected chi connectivity index (χ0v) is 19.6. The van der Waals surface area contributed by atoms with Gasteiger partial charge in [-0.2, -0.15) is 4.98 Å². The second kappa shape index (κ2) is 9.31. The Morgan fingerprint density at radius 2 is 2.03 bits per heavy atom. The highest BCUT2D eigenvalue weighted by atomic mass is 16.7. The minimum atomic E-state index is -0.915. The second-order valence-corrected chi connectivity index (χ2v) is 10.1. The molecule has 32 heavy (non-hydrogen) atoms. The van der Waals surface area contributed by atoms with Crippen molar-refractivity contribution in [2.24, 2.45) is 5.92 Å². The van der Waals surface area contributed by atoms with Crippen LogP contribution in [0.15, 0.2) is 10.6 Å². The maximum atomic E-state index is 11.6. The number of rotatable bonds is 8. The third kappa shape index (κ3) is 5.56. The predicted molar refractivity (Wildman–Crippen MR) is 120 cm³/mol. The smallest absolute Gasteiger partial charge is 0.408 e. The van der Waals surface area contributed by atoms with E-state index in [0.717, 1.165) is 44.0 Å². The Kier molecular flexibility index (Phi) is 6.67. The number of amides is 1. The van der Waals surface area contributed by atoms with Crippen molar-refractivity contribution >= 4 is 18.2 Å². The van der Waals surface area contributed by atoms with Crippen molar-refractivity contribution in [1.29, 1.82) is 0 Å². The van der Waals surface area contributed by atoms with Gasteiger partial charge in [0.15, 0.2) is 5.76 Å². The van der Waals surface area contributed by atoms with Crippen LogP contribution < -0.4 is 4.90 Å². The first kappa shape index (κ1) is 22.9.